The van der Waals surface area contributed by atoms with Gasteiger partial charge in [-0.1, -0.05) is 225 Å². The van der Waals surface area contributed by atoms with Gasteiger partial charge < -0.3 is 73.3 Å². The molecule has 0 aromatic heterocycles. The van der Waals surface area contributed by atoms with E-state index in [0.29, 0.717) is 114 Å². The van der Waals surface area contributed by atoms with Crippen molar-refractivity contribution in [1.82, 2.24) is 0 Å². The lowest BCUT2D eigenvalue weighted by atomic mass is 9.64. The van der Waals surface area contributed by atoms with Crippen molar-refractivity contribution in [2.75, 3.05) is 20.8 Å². The zero-order valence-electron chi connectivity index (χ0n) is 76.0. The summed E-state index contributed by atoms with van der Waals surface area (Å²) in [5.74, 6) is 4.73. The number of carbonyl (C=O) groups is 8. The van der Waals surface area contributed by atoms with Crippen molar-refractivity contribution in [2.24, 2.45) is 201 Å². The van der Waals surface area contributed by atoms with Crippen LogP contribution in [0.25, 0.3) is 0 Å². The lowest BCUT2D eigenvalue weighted by Gasteiger charge is -2.40. The largest absolute Gasteiger partial charge is 0.481 e. The Morgan fingerprint density at radius 3 is 1.02 bits per heavy atom. The number of aliphatic carboxylic acids is 6. The van der Waals surface area contributed by atoms with Crippen molar-refractivity contribution in [1.29, 1.82) is 0 Å². The van der Waals surface area contributed by atoms with Gasteiger partial charge in [0.2, 0.25) is 0 Å². The molecule has 23 nitrogen and oxygen atoms in total. The second kappa shape index (κ2) is 50.2. The molecule has 9 saturated heterocycles. The number of methoxy groups -OCH3 is 2. The Kier molecular flexibility index (Phi) is 47.0. The van der Waals surface area contributed by atoms with E-state index in [4.69, 9.17) is 42.6 Å². The van der Waals surface area contributed by atoms with Gasteiger partial charge in [0.15, 0.2) is 0 Å². The summed E-state index contributed by atoms with van der Waals surface area (Å²) in [7, 11) is 3.09. The molecule has 6 N–H and O–H groups in total. The summed E-state index contributed by atoms with van der Waals surface area (Å²) in [4.78, 5) is 95.4. The summed E-state index contributed by atoms with van der Waals surface area (Å²) in [5.41, 5.74) is -1.04. The maximum Gasteiger partial charge on any atom is 0.312 e. The number of ether oxygens (including phenoxy) is 9. The van der Waals surface area contributed by atoms with Crippen LogP contribution in [-0.4, -0.2) is 178 Å². The Morgan fingerprint density at radius 2 is 0.669 bits per heavy atom. The molecule has 10 saturated carbocycles. The van der Waals surface area contributed by atoms with Crippen molar-refractivity contribution in [2.45, 2.75) is 432 Å². The normalized spacial score (nSPS) is 45.1. The quantitative estimate of drug-likeness (QED) is 0.0489. The summed E-state index contributed by atoms with van der Waals surface area (Å²) in [6.45, 7) is 32.9. The van der Waals surface area contributed by atoms with Gasteiger partial charge in [0.05, 0.1) is 134 Å². The van der Waals surface area contributed by atoms with Gasteiger partial charge in [-0.3, -0.25) is 38.4 Å². The Balaban J connectivity index is 0.000000534. The third-order valence-electron chi connectivity index (χ3n) is 38.0. The summed E-state index contributed by atoms with van der Waals surface area (Å²) < 4.78 is 52.7. The third-order valence-corrected chi connectivity index (χ3v) is 38.0. The average molecular weight is 1890 g/mol. The Morgan fingerprint density at radius 1 is 0.331 bits per heavy atom. The average Bonchev–Trinajstić information content (AvgIpc) is 1.58. The molecular weight excluding hydrogens is 1690 g/mol. The van der Waals surface area contributed by atoms with E-state index in [2.05, 4.69) is 90.0 Å². The van der Waals surface area contributed by atoms with Crippen LogP contribution in [0.15, 0.2) is 0 Å². The molecule has 46 atom stereocenters. The predicted molar refractivity (Wildman–Crippen MR) is 529 cm³/mol. The van der Waals surface area contributed by atoms with Crippen LogP contribution in [-0.2, 0) is 81.0 Å². The minimum absolute atomic E-state index is 0. The van der Waals surface area contributed by atoms with E-state index in [9.17, 15) is 69.0 Å². The van der Waals surface area contributed by atoms with Crippen molar-refractivity contribution < 1.29 is 112 Å². The van der Waals surface area contributed by atoms with E-state index in [0.717, 1.165) is 133 Å². The minimum atomic E-state index is -0.800. The van der Waals surface area contributed by atoms with Gasteiger partial charge in [0, 0.05) is 42.6 Å². The molecule has 0 amide bonds. The Hall–Kier alpha value is -4.52. The second-order valence-electron chi connectivity index (χ2n) is 42.0. The van der Waals surface area contributed by atoms with E-state index >= 15 is 0 Å². The number of hydrogen-bond donors (Lipinski definition) is 6. The molecule has 133 heavy (non-hydrogen) atoms. The smallest absolute Gasteiger partial charge is 0.312 e. The fourth-order valence-electron chi connectivity index (χ4n) is 33.5. The molecule has 0 spiro atoms. The molecule has 9 heterocycles. The highest BCUT2D eigenvalue weighted by molar-refractivity contribution is 5.84. The lowest BCUT2D eigenvalue weighted by Crippen LogP contribution is -2.47. The van der Waals surface area contributed by atoms with Crippen molar-refractivity contribution in [3.05, 3.63) is 0 Å². The highest BCUT2D eigenvalue weighted by Gasteiger charge is 2.73. The standard InChI is InChI=1S/C23H36O4.C17H26O4.C17H28O3.2C14H22O4.C13H20O4.12CH4/c1-4-13-11-14(5-2)18-16-12-15(17(13)18)19(21(24)25)20(16)22(26)27-23(6-3)9-7-8-10-23;1-4-8-6-9(5-2)13-11-7-10(12(8)13)14(16(18)19)15(11)17(20)21-3;1-4-9-6-10(5-2)15-12-7-11(14(9)15)13(8-20-3)16(12)17(18)19;1-4-7-10-9-6-14(3,13(15)16)12(18-9)11(10)8(5-2)17-7;1-4-7-10-11(8(5-2)17-7)13-9(14(15)16)6(3)12(10)18-13;1-3-7-10-9-5-6(13(14)15)12(17-9)11(10)8(4-2)16-7;;;;;;;;;;;;/h13-20H,4-12H2,1-3H3,(H,24,25);8-15H,4-7H2,1-3H3,(H,18,19);9-16H,4-8H2,1-3H3,(H,18,19);7-12H,4-6H2,1-3H3,(H,15,16);6-13H,4-5H2,1-3H3,(H,15,16);6-12H,3-5H2,1-2H3,(H,14,15);12*1H4. The fourth-order valence-corrected chi connectivity index (χ4v) is 33.5. The van der Waals surface area contributed by atoms with E-state index in [1.54, 1.807) is 7.11 Å². The molecule has 0 aromatic rings. The number of esters is 2. The van der Waals surface area contributed by atoms with Crippen LogP contribution in [0.1, 0.15) is 353 Å². The molecule has 0 radical (unpaired) electrons. The molecule has 23 heteroatoms. The molecule has 10 aliphatic carbocycles. The first kappa shape index (κ1) is 125. The van der Waals surface area contributed by atoms with Gasteiger partial charge in [0.25, 0.3) is 0 Å². The number of hydrogen-bond acceptors (Lipinski definition) is 17. The van der Waals surface area contributed by atoms with E-state index < -0.39 is 64.9 Å². The van der Waals surface area contributed by atoms with Crippen LogP contribution in [0.3, 0.4) is 0 Å². The van der Waals surface area contributed by atoms with Crippen LogP contribution >= 0.6 is 0 Å². The molecule has 0 aromatic carbocycles. The van der Waals surface area contributed by atoms with Crippen LogP contribution in [0, 0.1) is 201 Å². The highest BCUT2D eigenvalue weighted by atomic mass is 16.6. The molecule has 9 aliphatic heterocycles. The zero-order valence-corrected chi connectivity index (χ0v) is 76.0. The van der Waals surface area contributed by atoms with Gasteiger partial charge in [0.1, 0.15) is 5.60 Å². The van der Waals surface area contributed by atoms with Crippen molar-refractivity contribution in [3.63, 3.8) is 0 Å². The van der Waals surface area contributed by atoms with Gasteiger partial charge in [-0.2, -0.15) is 0 Å². The van der Waals surface area contributed by atoms with Crippen LogP contribution < -0.4 is 0 Å². The Bertz CT molecular complexity index is 3660. The maximum absolute atomic E-state index is 13.3. The minimum Gasteiger partial charge on any atom is -0.481 e. The van der Waals surface area contributed by atoms with Crippen LogP contribution in [0.5, 0.6) is 0 Å². The molecular formula is C110H202O23. The Labute approximate surface area is 809 Å². The van der Waals surface area contributed by atoms with Crippen LogP contribution in [0.4, 0.5) is 0 Å². The monoisotopic (exact) mass is 1890 g/mol. The number of fused-ring (bicyclic) bond motifs is 30. The number of rotatable bonds is 24. The third kappa shape index (κ3) is 20.8. The van der Waals surface area contributed by atoms with E-state index in [-0.39, 0.29) is 239 Å². The number of carbonyl (C=O) groups excluding carboxylic acids is 2. The zero-order chi connectivity index (χ0) is 87.3. The lowest BCUT2D eigenvalue weighted by molar-refractivity contribution is -0.175. The van der Waals surface area contributed by atoms with Gasteiger partial charge in [-0.15, -0.1) is 0 Å². The SMILES string of the molecule is C.C.C.C.C.C.C.C.C.C.C.C.CCC1CC(CC)C2C3CC(C(C(=O)O)C3C(=O)OC)C12.CCC1CC(CC)C2C3CC(C(C(=O)O)C3C(=O)OC3(CC)CCCC3)C12.CCC1CC(CC)C2C3CC(C(COC)C3C(=O)O)C12.CCC1OC(CC)C2C1C1CC(C)(C(=O)O)C2O1.CCC1OC(CC)C2C3OC(C(C)C3C(=O)O)C12.CCC1OC(CC)C2C3OC(CC3C(=O)O)C12. The molecule has 46 unspecified atom stereocenters. The molecule has 780 valence electrons. The topological polar surface area (TPSA) is 341 Å². The number of carboxylic acid groups (broad SMARTS) is 6. The highest BCUT2D eigenvalue weighted by Crippen LogP contribution is 2.72. The second-order valence-corrected chi connectivity index (χ2v) is 42.0. The summed E-state index contributed by atoms with van der Waals surface area (Å²) in [6, 6.07) is 0. The molecule has 12 bridgehead atoms. The van der Waals surface area contributed by atoms with Gasteiger partial charge in [-0.25, -0.2) is 0 Å². The predicted octanol–water partition coefficient (Wildman–Crippen LogP) is 24.3. The first-order valence-electron chi connectivity index (χ1n) is 49.0. The molecule has 19 aliphatic rings. The van der Waals surface area contributed by atoms with Gasteiger partial charge in [-0.05, 0) is 247 Å². The number of carboxylic acids is 6. The van der Waals surface area contributed by atoms with E-state index in [1.807, 2.05) is 13.8 Å². The van der Waals surface area contributed by atoms with Crippen LogP contribution in [0.2, 0.25) is 0 Å². The van der Waals surface area contributed by atoms with Gasteiger partial charge >= 0.3 is 47.8 Å². The van der Waals surface area contributed by atoms with E-state index in [1.165, 1.54) is 39.2 Å². The first-order chi connectivity index (χ1) is 57.9. The van der Waals surface area contributed by atoms with Crippen molar-refractivity contribution >= 4 is 47.8 Å². The summed E-state index contributed by atoms with van der Waals surface area (Å²) in [6.07, 6.45) is 27.2. The molecule has 19 fully saturated rings. The fraction of sp³-hybridized carbons (Fsp3) is 0.927. The first-order valence-corrected chi connectivity index (χ1v) is 49.0. The molecule has 19 rings (SSSR count). The summed E-state index contributed by atoms with van der Waals surface area (Å²) >= 11 is 0. The van der Waals surface area contributed by atoms with Crippen molar-refractivity contribution in [3.8, 4) is 0 Å². The maximum atomic E-state index is 13.3. The summed E-state index contributed by atoms with van der Waals surface area (Å²) in [5, 5.41) is 57.4.